The summed E-state index contributed by atoms with van der Waals surface area (Å²) >= 11 is 0. The fourth-order valence-corrected chi connectivity index (χ4v) is 6.22. The third-order valence-corrected chi connectivity index (χ3v) is 8.73. The Balaban J connectivity index is 1.23. The van der Waals surface area contributed by atoms with Crippen molar-refractivity contribution in [2.75, 3.05) is 13.2 Å². The summed E-state index contributed by atoms with van der Waals surface area (Å²) in [5, 5.41) is 0. The lowest BCUT2D eigenvalue weighted by atomic mass is 9.73. The summed E-state index contributed by atoms with van der Waals surface area (Å²) in [4.78, 5) is 0. The first-order chi connectivity index (χ1) is 18.2. The van der Waals surface area contributed by atoms with Crippen LogP contribution in [0.1, 0.15) is 126 Å². The van der Waals surface area contributed by atoms with Crippen LogP contribution in [0.4, 0.5) is 4.39 Å². The zero-order valence-electron chi connectivity index (χ0n) is 23.4. The lowest BCUT2D eigenvalue weighted by molar-refractivity contribution is 0.120. The smallest absolute Gasteiger partial charge is 0.406 e. The predicted octanol–water partition coefficient (Wildman–Crippen LogP) is 8.72. The van der Waals surface area contributed by atoms with Crippen LogP contribution in [0.25, 0.3) is 0 Å². The lowest BCUT2D eigenvalue weighted by Crippen LogP contribution is -2.45. The van der Waals surface area contributed by atoms with Gasteiger partial charge in [-0.2, -0.15) is 0 Å². The number of unbranched alkanes of at least 4 members (excludes halogenated alkanes) is 6. The van der Waals surface area contributed by atoms with Crippen LogP contribution >= 0.6 is 0 Å². The Hall–Kier alpha value is -1.65. The van der Waals surface area contributed by atoms with Gasteiger partial charge in [0.05, 0.1) is 0 Å². The SMILES string of the molecule is CCCCCCCc1ccc(C2COB(c3ccc(C4CCC(CCCCC)CC4)cc3F)OC2)cc1. The molecule has 0 N–H and O–H groups in total. The molecule has 2 fully saturated rings. The second kappa shape index (κ2) is 15.1. The summed E-state index contributed by atoms with van der Waals surface area (Å²) in [6.45, 7) is 5.65. The van der Waals surface area contributed by atoms with Crippen LogP contribution < -0.4 is 5.46 Å². The zero-order chi connectivity index (χ0) is 25.9. The van der Waals surface area contributed by atoms with Gasteiger partial charge in [-0.3, -0.25) is 0 Å². The summed E-state index contributed by atoms with van der Waals surface area (Å²) in [6.07, 6.45) is 18.0. The predicted molar refractivity (Wildman–Crippen MR) is 154 cm³/mol. The van der Waals surface area contributed by atoms with Gasteiger partial charge in [0.15, 0.2) is 0 Å². The molecule has 2 aromatic rings. The van der Waals surface area contributed by atoms with Gasteiger partial charge < -0.3 is 9.31 Å². The average molecular weight is 507 g/mol. The summed E-state index contributed by atoms with van der Waals surface area (Å²) in [5.41, 5.74) is 4.33. The average Bonchev–Trinajstić information content (AvgIpc) is 2.94. The Morgan fingerprint density at radius 2 is 1.38 bits per heavy atom. The van der Waals surface area contributed by atoms with E-state index in [2.05, 4.69) is 44.2 Å². The van der Waals surface area contributed by atoms with E-state index in [0.717, 1.165) is 17.9 Å². The highest BCUT2D eigenvalue weighted by Crippen LogP contribution is 2.38. The monoisotopic (exact) mass is 506 g/mol. The third kappa shape index (κ3) is 8.42. The summed E-state index contributed by atoms with van der Waals surface area (Å²) in [5.74, 6) is 1.37. The van der Waals surface area contributed by atoms with E-state index in [1.54, 1.807) is 6.07 Å². The Bertz CT molecular complexity index is 914. The van der Waals surface area contributed by atoms with Gasteiger partial charge in [0.25, 0.3) is 0 Å². The van der Waals surface area contributed by atoms with E-state index in [9.17, 15) is 0 Å². The van der Waals surface area contributed by atoms with Gasteiger partial charge in [0.2, 0.25) is 0 Å². The Kier molecular flexibility index (Phi) is 11.6. The number of hydrogen-bond acceptors (Lipinski definition) is 2. The first-order valence-corrected chi connectivity index (χ1v) is 15.3. The largest absolute Gasteiger partial charge is 0.496 e. The van der Waals surface area contributed by atoms with Crippen LogP contribution in [0.3, 0.4) is 0 Å². The number of halogens is 1. The zero-order valence-corrected chi connectivity index (χ0v) is 23.4. The minimum Gasteiger partial charge on any atom is -0.406 e. The van der Waals surface area contributed by atoms with Crippen LogP contribution in [-0.2, 0) is 15.7 Å². The van der Waals surface area contributed by atoms with Crippen molar-refractivity contribution < 1.29 is 13.7 Å². The molecule has 2 aliphatic rings. The van der Waals surface area contributed by atoms with Gasteiger partial charge in [-0.25, -0.2) is 4.39 Å². The standard InChI is InChI=1S/C33H48BFO2/c1-3-5-7-8-10-12-27-15-19-29(20-16-27)31-24-36-34(37-25-31)32-22-21-30(23-33(32)35)28-17-13-26(14-18-28)11-9-6-4-2/h15-16,19-23,26,28,31H,3-14,17-18,24-25H2,1-2H3. The molecule has 1 aliphatic carbocycles. The minimum absolute atomic E-state index is 0.186. The maximum absolute atomic E-state index is 15.1. The highest BCUT2D eigenvalue weighted by atomic mass is 19.1. The lowest BCUT2D eigenvalue weighted by Gasteiger charge is -2.30. The van der Waals surface area contributed by atoms with Crippen molar-refractivity contribution in [1.82, 2.24) is 0 Å². The van der Waals surface area contributed by atoms with Crippen molar-refractivity contribution in [2.24, 2.45) is 5.92 Å². The van der Waals surface area contributed by atoms with Crippen molar-refractivity contribution in [3.8, 4) is 0 Å². The molecule has 0 amide bonds. The van der Waals surface area contributed by atoms with Crippen molar-refractivity contribution in [3.63, 3.8) is 0 Å². The molecule has 202 valence electrons. The Morgan fingerprint density at radius 1 is 0.730 bits per heavy atom. The molecule has 4 heteroatoms. The van der Waals surface area contributed by atoms with Crippen LogP contribution in [0, 0.1) is 11.7 Å². The minimum atomic E-state index is -0.609. The quantitative estimate of drug-likeness (QED) is 0.200. The number of benzene rings is 2. The van der Waals surface area contributed by atoms with Crippen LogP contribution in [0.2, 0.25) is 0 Å². The molecule has 0 bridgehead atoms. The molecule has 2 aromatic carbocycles. The Labute approximate surface area is 225 Å². The van der Waals surface area contributed by atoms with E-state index >= 15 is 4.39 Å². The molecule has 0 aromatic heterocycles. The van der Waals surface area contributed by atoms with E-state index in [-0.39, 0.29) is 11.7 Å². The van der Waals surface area contributed by atoms with Crippen LogP contribution in [0.5, 0.6) is 0 Å². The second-order valence-electron chi connectivity index (χ2n) is 11.6. The van der Waals surface area contributed by atoms with Crippen molar-refractivity contribution in [1.29, 1.82) is 0 Å². The van der Waals surface area contributed by atoms with Crippen LogP contribution in [0.15, 0.2) is 42.5 Å². The van der Waals surface area contributed by atoms with E-state index in [1.807, 2.05) is 6.07 Å². The highest BCUT2D eigenvalue weighted by molar-refractivity contribution is 6.61. The second-order valence-corrected chi connectivity index (χ2v) is 11.6. The summed E-state index contributed by atoms with van der Waals surface area (Å²) < 4.78 is 27.2. The van der Waals surface area contributed by atoms with Gasteiger partial charge in [-0.1, -0.05) is 102 Å². The van der Waals surface area contributed by atoms with Gasteiger partial charge in [-0.15, -0.1) is 0 Å². The van der Waals surface area contributed by atoms with E-state index in [0.29, 0.717) is 24.6 Å². The molecule has 1 aliphatic heterocycles. The van der Waals surface area contributed by atoms with E-state index in [4.69, 9.17) is 9.31 Å². The first-order valence-electron chi connectivity index (χ1n) is 15.3. The normalized spacial score (nSPS) is 20.9. The van der Waals surface area contributed by atoms with E-state index in [1.165, 1.54) is 94.6 Å². The molecule has 0 atom stereocenters. The van der Waals surface area contributed by atoms with Crippen molar-refractivity contribution in [2.45, 2.75) is 116 Å². The van der Waals surface area contributed by atoms with Crippen LogP contribution in [-0.4, -0.2) is 20.3 Å². The third-order valence-electron chi connectivity index (χ3n) is 8.73. The van der Waals surface area contributed by atoms with E-state index < -0.39 is 7.12 Å². The topological polar surface area (TPSA) is 18.5 Å². The summed E-state index contributed by atoms with van der Waals surface area (Å²) in [6, 6.07) is 14.7. The number of hydrogen-bond donors (Lipinski definition) is 0. The molecule has 1 saturated heterocycles. The maximum Gasteiger partial charge on any atom is 0.496 e. The fraction of sp³-hybridized carbons (Fsp3) is 0.636. The molecule has 37 heavy (non-hydrogen) atoms. The molecule has 2 nitrogen and oxygen atoms in total. The highest BCUT2D eigenvalue weighted by Gasteiger charge is 2.33. The van der Waals surface area contributed by atoms with Gasteiger partial charge >= 0.3 is 7.12 Å². The molecule has 1 saturated carbocycles. The molecule has 0 radical (unpaired) electrons. The molecule has 4 rings (SSSR count). The van der Waals surface area contributed by atoms with Gasteiger partial charge in [-0.05, 0) is 73.1 Å². The fourth-order valence-electron chi connectivity index (χ4n) is 6.22. The van der Waals surface area contributed by atoms with Crippen molar-refractivity contribution >= 4 is 12.6 Å². The molecule has 0 spiro atoms. The molecular formula is C33H48BFO2. The van der Waals surface area contributed by atoms with Gasteiger partial charge in [0.1, 0.15) is 5.82 Å². The summed E-state index contributed by atoms with van der Waals surface area (Å²) in [7, 11) is -0.609. The maximum atomic E-state index is 15.1. The molecular weight excluding hydrogens is 458 g/mol. The number of aryl methyl sites for hydroxylation is 1. The number of rotatable bonds is 13. The Morgan fingerprint density at radius 3 is 2.05 bits per heavy atom. The first kappa shape index (κ1) is 28.4. The van der Waals surface area contributed by atoms with Gasteiger partial charge in [0, 0.05) is 24.6 Å². The molecule has 1 heterocycles. The van der Waals surface area contributed by atoms with Crippen molar-refractivity contribution in [3.05, 3.63) is 65.0 Å². The molecule has 0 unspecified atom stereocenters.